The fourth-order valence-corrected chi connectivity index (χ4v) is 3.49. The molecule has 2 N–H and O–H groups in total. The summed E-state index contributed by atoms with van der Waals surface area (Å²) in [6.45, 7) is 0.369. The lowest BCUT2D eigenvalue weighted by Gasteiger charge is -2.37. The van der Waals surface area contributed by atoms with Crippen LogP contribution < -0.4 is 5.73 Å². The molecule has 2 amide bonds. The van der Waals surface area contributed by atoms with Crippen molar-refractivity contribution in [2.75, 3.05) is 5.73 Å². The van der Waals surface area contributed by atoms with Gasteiger partial charge >= 0.3 is 0 Å². The number of nitrogen functional groups attached to an aromatic ring is 1. The Morgan fingerprint density at radius 3 is 2.10 bits per heavy atom. The first-order valence-corrected chi connectivity index (χ1v) is 7.26. The zero-order chi connectivity index (χ0) is 14.2. The van der Waals surface area contributed by atoms with Gasteiger partial charge in [0.1, 0.15) is 0 Å². The second-order valence-corrected chi connectivity index (χ2v) is 6.18. The van der Waals surface area contributed by atoms with E-state index in [2.05, 4.69) is 0 Å². The quantitative estimate of drug-likeness (QED) is 0.664. The lowest BCUT2D eigenvalue weighted by molar-refractivity contribution is -0.154. The standard InChI is InChI=1S/C16H20N2O2/c17-13-5-3-12(4-6-13)11-18-14(19)9-16(10-15(18)20)7-1-2-8-16/h3-6H,1-2,7-11,17H2. The number of carbonyl (C=O) groups excluding carboxylic acids is 2. The molecule has 0 radical (unpaired) electrons. The molecular weight excluding hydrogens is 252 g/mol. The van der Waals surface area contributed by atoms with Crippen molar-refractivity contribution in [3.05, 3.63) is 29.8 Å². The third-order valence-electron chi connectivity index (χ3n) is 4.64. The van der Waals surface area contributed by atoms with Gasteiger partial charge in [0, 0.05) is 18.5 Å². The fraction of sp³-hybridized carbons (Fsp3) is 0.500. The molecule has 0 bridgehead atoms. The normalized spacial score (nSPS) is 21.7. The Bertz CT molecular complexity index is 510. The first-order valence-electron chi connectivity index (χ1n) is 7.26. The molecule has 1 aliphatic carbocycles. The number of anilines is 1. The molecule has 2 fully saturated rings. The van der Waals surface area contributed by atoms with Gasteiger partial charge in [-0.3, -0.25) is 14.5 Å². The third kappa shape index (κ3) is 2.42. The molecule has 106 valence electrons. The SMILES string of the molecule is Nc1ccc(CN2C(=O)CC3(CCCC3)CC2=O)cc1. The maximum atomic E-state index is 12.3. The zero-order valence-electron chi connectivity index (χ0n) is 11.6. The number of hydrogen-bond donors (Lipinski definition) is 1. The van der Waals surface area contributed by atoms with Gasteiger partial charge in [-0.15, -0.1) is 0 Å². The van der Waals surface area contributed by atoms with Crippen LogP contribution in [0.4, 0.5) is 5.69 Å². The topological polar surface area (TPSA) is 63.4 Å². The maximum absolute atomic E-state index is 12.3. The molecule has 20 heavy (non-hydrogen) atoms. The summed E-state index contributed by atoms with van der Waals surface area (Å²) in [5.74, 6) is -0.0278. The van der Waals surface area contributed by atoms with Gasteiger partial charge in [-0.1, -0.05) is 25.0 Å². The van der Waals surface area contributed by atoms with Crippen molar-refractivity contribution >= 4 is 17.5 Å². The number of amides is 2. The molecule has 0 unspecified atom stereocenters. The number of imide groups is 1. The van der Waals surface area contributed by atoms with Crippen LogP contribution in [0.2, 0.25) is 0 Å². The summed E-state index contributed by atoms with van der Waals surface area (Å²) in [7, 11) is 0. The van der Waals surface area contributed by atoms with E-state index in [1.807, 2.05) is 12.1 Å². The number of benzene rings is 1. The Kier molecular flexibility index (Phi) is 3.24. The maximum Gasteiger partial charge on any atom is 0.230 e. The molecule has 1 aromatic carbocycles. The minimum absolute atomic E-state index is 0.0139. The molecule has 1 saturated heterocycles. The van der Waals surface area contributed by atoms with Crippen molar-refractivity contribution in [2.24, 2.45) is 5.41 Å². The van der Waals surface area contributed by atoms with Crippen LogP contribution in [0.15, 0.2) is 24.3 Å². The molecular formula is C16H20N2O2. The number of nitrogens with zero attached hydrogens (tertiary/aromatic N) is 1. The summed E-state index contributed by atoms with van der Waals surface area (Å²) in [5.41, 5.74) is 7.26. The zero-order valence-corrected chi connectivity index (χ0v) is 11.6. The highest BCUT2D eigenvalue weighted by atomic mass is 16.2. The van der Waals surface area contributed by atoms with E-state index in [4.69, 9.17) is 5.73 Å². The minimum Gasteiger partial charge on any atom is -0.399 e. The van der Waals surface area contributed by atoms with Crippen molar-refractivity contribution in [3.63, 3.8) is 0 Å². The van der Waals surface area contributed by atoms with E-state index in [0.717, 1.165) is 31.2 Å². The largest absolute Gasteiger partial charge is 0.399 e. The van der Waals surface area contributed by atoms with Crippen LogP contribution in [0.5, 0.6) is 0 Å². The summed E-state index contributed by atoms with van der Waals surface area (Å²) in [6.07, 6.45) is 5.43. The molecule has 0 aromatic heterocycles. The number of rotatable bonds is 2. The van der Waals surface area contributed by atoms with Gasteiger partial charge in [-0.2, -0.15) is 0 Å². The van der Waals surface area contributed by atoms with Gasteiger partial charge in [0.2, 0.25) is 11.8 Å². The van der Waals surface area contributed by atoms with Crippen LogP contribution in [0.1, 0.15) is 44.1 Å². The lowest BCUT2D eigenvalue weighted by atomic mass is 9.76. The van der Waals surface area contributed by atoms with Gasteiger partial charge in [0.05, 0.1) is 6.54 Å². The minimum atomic E-state index is -0.0220. The second kappa shape index (κ2) is 4.93. The third-order valence-corrected chi connectivity index (χ3v) is 4.64. The summed E-state index contributed by atoms with van der Waals surface area (Å²) in [6, 6.07) is 7.34. The molecule has 1 heterocycles. The van der Waals surface area contributed by atoms with Gasteiger partial charge < -0.3 is 5.73 Å². The van der Waals surface area contributed by atoms with E-state index in [1.54, 1.807) is 12.1 Å². The Balaban J connectivity index is 1.73. The van der Waals surface area contributed by atoms with Crippen molar-refractivity contribution in [1.82, 2.24) is 4.90 Å². The average molecular weight is 272 g/mol. The van der Waals surface area contributed by atoms with Crippen molar-refractivity contribution < 1.29 is 9.59 Å². The Labute approximate surface area is 118 Å². The number of likely N-dealkylation sites (tertiary alicyclic amines) is 1. The van der Waals surface area contributed by atoms with Gasteiger partial charge in [0.15, 0.2) is 0 Å². The van der Waals surface area contributed by atoms with Crippen LogP contribution in [0, 0.1) is 5.41 Å². The van der Waals surface area contributed by atoms with E-state index in [-0.39, 0.29) is 17.2 Å². The van der Waals surface area contributed by atoms with Crippen molar-refractivity contribution in [3.8, 4) is 0 Å². The molecule has 0 atom stereocenters. The van der Waals surface area contributed by atoms with Crippen LogP contribution >= 0.6 is 0 Å². The lowest BCUT2D eigenvalue weighted by Crippen LogP contribution is -2.46. The van der Waals surface area contributed by atoms with E-state index >= 15 is 0 Å². The summed E-state index contributed by atoms with van der Waals surface area (Å²) in [4.78, 5) is 26.0. The number of carbonyl (C=O) groups is 2. The number of nitrogens with two attached hydrogens (primary N) is 1. The summed E-state index contributed by atoms with van der Waals surface area (Å²) < 4.78 is 0. The highest BCUT2D eigenvalue weighted by Crippen LogP contribution is 2.47. The van der Waals surface area contributed by atoms with E-state index < -0.39 is 0 Å². The first-order chi connectivity index (χ1) is 9.58. The average Bonchev–Trinajstić information content (AvgIpc) is 2.84. The highest BCUT2D eigenvalue weighted by molar-refractivity contribution is 5.98. The van der Waals surface area contributed by atoms with Crippen LogP contribution in [0.3, 0.4) is 0 Å². The molecule has 4 heteroatoms. The van der Waals surface area contributed by atoms with Gasteiger partial charge in [0.25, 0.3) is 0 Å². The van der Waals surface area contributed by atoms with Crippen molar-refractivity contribution in [1.29, 1.82) is 0 Å². The first kappa shape index (κ1) is 13.2. The Hall–Kier alpha value is -1.84. The van der Waals surface area contributed by atoms with E-state index in [0.29, 0.717) is 25.1 Å². The van der Waals surface area contributed by atoms with Crippen molar-refractivity contribution in [2.45, 2.75) is 45.1 Å². The molecule has 1 aliphatic heterocycles. The van der Waals surface area contributed by atoms with Gasteiger partial charge in [-0.25, -0.2) is 0 Å². The second-order valence-electron chi connectivity index (χ2n) is 6.18. The van der Waals surface area contributed by atoms with Gasteiger partial charge in [-0.05, 0) is 36.0 Å². The van der Waals surface area contributed by atoms with E-state index in [9.17, 15) is 9.59 Å². The Morgan fingerprint density at radius 1 is 1.00 bits per heavy atom. The fourth-order valence-electron chi connectivity index (χ4n) is 3.49. The smallest absolute Gasteiger partial charge is 0.230 e. The summed E-state index contributed by atoms with van der Waals surface area (Å²) >= 11 is 0. The predicted octanol–water partition coefficient (Wildman–Crippen LogP) is 2.48. The molecule has 1 aromatic rings. The van der Waals surface area contributed by atoms with E-state index in [1.165, 1.54) is 4.90 Å². The van der Waals surface area contributed by atoms with Crippen LogP contribution in [-0.4, -0.2) is 16.7 Å². The highest BCUT2D eigenvalue weighted by Gasteiger charge is 2.44. The molecule has 1 saturated carbocycles. The summed E-state index contributed by atoms with van der Waals surface area (Å²) in [5, 5.41) is 0. The Morgan fingerprint density at radius 2 is 1.55 bits per heavy atom. The molecule has 2 aliphatic rings. The molecule has 3 rings (SSSR count). The number of hydrogen-bond acceptors (Lipinski definition) is 3. The van der Waals surface area contributed by atoms with Crippen LogP contribution in [-0.2, 0) is 16.1 Å². The van der Waals surface area contributed by atoms with Crippen LogP contribution in [0.25, 0.3) is 0 Å². The predicted molar refractivity (Wildman–Crippen MR) is 76.5 cm³/mol. The monoisotopic (exact) mass is 272 g/mol. The number of piperidine rings is 1. The molecule has 4 nitrogen and oxygen atoms in total. The molecule has 1 spiro atoms.